The Morgan fingerprint density at radius 2 is 1.90 bits per heavy atom. The lowest BCUT2D eigenvalue weighted by Gasteiger charge is -2.39. The third kappa shape index (κ3) is 4.34. The van der Waals surface area contributed by atoms with Crippen LogP contribution in [0, 0.1) is 5.92 Å². The van der Waals surface area contributed by atoms with Crippen LogP contribution in [0.4, 0.5) is 4.79 Å². The summed E-state index contributed by atoms with van der Waals surface area (Å²) in [5.74, 6) is -1.31. The molecule has 1 aliphatic heterocycles. The fourth-order valence-electron chi connectivity index (χ4n) is 2.48. The number of carbonyl (C=O) groups excluding carboxylic acids is 2. The number of likely N-dealkylation sites (tertiary alicyclic amines) is 1. The summed E-state index contributed by atoms with van der Waals surface area (Å²) in [4.78, 5) is 39.9. The van der Waals surface area contributed by atoms with Crippen molar-refractivity contribution in [3.63, 3.8) is 0 Å². The molecule has 21 heavy (non-hydrogen) atoms. The van der Waals surface area contributed by atoms with Gasteiger partial charge in [-0.1, -0.05) is 0 Å². The smallest absolute Gasteiger partial charge is 0.320 e. The number of piperidine rings is 1. The first-order valence-electron chi connectivity index (χ1n) is 7.26. The van der Waals surface area contributed by atoms with Gasteiger partial charge in [0.2, 0.25) is 5.91 Å². The molecule has 0 aromatic carbocycles. The molecule has 2 atom stereocenters. The first kappa shape index (κ1) is 17.3. The Hall–Kier alpha value is -1.79. The minimum atomic E-state index is -0.802. The Morgan fingerprint density at radius 3 is 2.33 bits per heavy atom. The van der Waals surface area contributed by atoms with Gasteiger partial charge in [-0.3, -0.25) is 9.59 Å². The van der Waals surface area contributed by atoms with E-state index in [0.29, 0.717) is 25.9 Å². The van der Waals surface area contributed by atoms with Crippen molar-refractivity contribution in [2.45, 2.75) is 32.7 Å². The summed E-state index contributed by atoms with van der Waals surface area (Å²) >= 11 is 0. The van der Waals surface area contributed by atoms with E-state index in [1.807, 2.05) is 13.8 Å². The molecular weight excluding hydrogens is 274 g/mol. The highest BCUT2D eigenvalue weighted by Crippen LogP contribution is 2.24. The number of likely N-dealkylation sites (N-methyl/N-ethyl adjacent to an activating group) is 2. The van der Waals surface area contributed by atoms with Crippen LogP contribution in [0.1, 0.15) is 26.7 Å². The zero-order valence-corrected chi connectivity index (χ0v) is 13.2. The number of rotatable bonds is 4. The molecular formula is C14H25N3O4. The average molecular weight is 299 g/mol. The van der Waals surface area contributed by atoms with Gasteiger partial charge in [-0.25, -0.2) is 4.79 Å². The Bertz CT molecular complexity index is 411. The number of hydrogen-bond donors (Lipinski definition) is 1. The van der Waals surface area contributed by atoms with Crippen LogP contribution < -0.4 is 0 Å². The number of aliphatic carboxylic acids is 1. The molecule has 0 spiro atoms. The average Bonchev–Trinajstić information content (AvgIpc) is 2.43. The summed E-state index contributed by atoms with van der Waals surface area (Å²) < 4.78 is 0. The minimum Gasteiger partial charge on any atom is -0.481 e. The first-order valence-corrected chi connectivity index (χ1v) is 7.26. The van der Waals surface area contributed by atoms with E-state index >= 15 is 0 Å². The third-order valence-electron chi connectivity index (χ3n) is 3.95. The normalized spacial score (nSPS) is 21.8. The van der Waals surface area contributed by atoms with Crippen LogP contribution in [0.15, 0.2) is 0 Å². The topological polar surface area (TPSA) is 81.2 Å². The maximum Gasteiger partial charge on any atom is 0.320 e. The van der Waals surface area contributed by atoms with Gasteiger partial charge in [-0.05, 0) is 26.7 Å². The van der Waals surface area contributed by atoms with E-state index < -0.39 is 5.97 Å². The van der Waals surface area contributed by atoms with E-state index in [1.165, 1.54) is 9.80 Å². The van der Waals surface area contributed by atoms with E-state index in [0.717, 1.165) is 0 Å². The summed E-state index contributed by atoms with van der Waals surface area (Å²) in [7, 11) is 3.31. The zero-order valence-electron chi connectivity index (χ0n) is 13.2. The summed E-state index contributed by atoms with van der Waals surface area (Å²) in [6.07, 6.45) is 0.921. The van der Waals surface area contributed by atoms with Crippen LogP contribution in [0.5, 0.6) is 0 Å². The molecule has 0 bridgehead atoms. The molecule has 0 aromatic rings. The second-order valence-electron chi connectivity index (χ2n) is 5.69. The van der Waals surface area contributed by atoms with Crippen molar-refractivity contribution in [1.29, 1.82) is 0 Å². The fourth-order valence-corrected chi connectivity index (χ4v) is 2.48. The van der Waals surface area contributed by atoms with Gasteiger partial charge in [0, 0.05) is 33.2 Å². The van der Waals surface area contributed by atoms with Gasteiger partial charge in [0.1, 0.15) is 6.54 Å². The molecule has 0 aromatic heterocycles. The van der Waals surface area contributed by atoms with Crippen LogP contribution in [0.2, 0.25) is 0 Å². The number of carboxylic acids is 1. The van der Waals surface area contributed by atoms with Gasteiger partial charge < -0.3 is 19.8 Å². The van der Waals surface area contributed by atoms with Crippen LogP contribution in [-0.4, -0.2) is 77.5 Å². The maximum atomic E-state index is 12.5. The SMILES string of the molecule is CCN(CC(=O)N(C)C)C(=O)N1CCC(C(=O)O)CC1C. The number of hydrogen-bond acceptors (Lipinski definition) is 3. The van der Waals surface area contributed by atoms with Crippen molar-refractivity contribution in [3.8, 4) is 0 Å². The number of nitrogens with zero attached hydrogens (tertiary/aromatic N) is 3. The second kappa shape index (κ2) is 7.28. The van der Waals surface area contributed by atoms with Crippen LogP contribution in [0.3, 0.4) is 0 Å². The zero-order chi connectivity index (χ0) is 16.2. The molecule has 0 saturated carbocycles. The Kier molecular flexibility index (Phi) is 5.99. The van der Waals surface area contributed by atoms with Gasteiger partial charge in [-0.2, -0.15) is 0 Å². The lowest BCUT2D eigenvalue weighted by atomic mass is 9.92. The van der Waals surface area contributed by atoms with E-state index in [4.69, 9.17) is 5.11 Å². The number of carboxylic acid groups (broad SMARTS) is 1. The highest BCUT2D eigenvalue weighted by molar-refractivity contribution is 5.84. The molecule has 1 N–H and O–H groups in total. The minimum absolute atomic E-state index is 0.0495. The summed E-state index contributed by atoms with van der Waals surface area (Å²) in [6, 6.07) is -0.320. The van der Waals surface area contributed by atoms with E-state index in [-0.39, 0.29) is 30.4 Å². The van der Waals surface area contributed by atoms with Crippen molar-refractivity contribution in [2.75, 3.05) is 33.7 Å². The molecule has 1 fully saturated rings. The van der Waals surface area contributed by atoms with Gasteiger partial charge in [0.15, 0.2) is 0 Å². The van der Waals surface area contributed by atoms with Crippen LogP contribution in [0.25, 0.3) is 0 Å². The first-order chi connectivity index (χ1) is 9.77. The monoisotopic (exact) mass is 299 g/mol. The molecule has 3 amide bonds. The molecule has 2 unspecified atom stereocenters. The Morgan fingerprint density at radius 1 is 1.29 bits per heavy atom. The number of amides is 3. The lowest BCUT2D eigenvalue weighted by Crippen LogP contribution is -2.53. The molecule has 0 aliphatic carbocycles. The fraction of sp³-hybridized carbons (Fsp3) is 0.786. The van der Waals surface area contributed by atoms with Crippen molar-refractivity contribution < 1.29 is 19.5 Å². The number of carbonyl (C=O) groups is 3. The largest absolute Gasteiger partial charge is 0.481 e. The van der Waals surface area contributed by atoms with E-state index in [2.05, 4.69) is 0 Å². The van der Waals surface area contributed by atoms with Crippen LogP contribution >= 0.6 is 0 Å². The van der Waals surface area contributed by atoms with E-state index in [1.54, 1.807) is 19.0 Å². The third-order valence-corrected chi connectivity index (χ3v) is 3.95. The van der Waals surface area contributed by atoms with Gasteiger partial charge in [-0.15, -0.1) is 0 Å². The lowest BCUT2D eigenvalue weighted by molar-refractivity contribution is -0.143. The molecule has 0 radical (unpaired) electrons. The predicted octanol–water partition coefficient (Wildman–Crippen LogP) is 0.702. The van der Waals surface area contributed by atoms with Gasteiger partial charge >= 0.3 is 12.0 Å². The Balaban J connectivity index is 2.68. The molecule has 1 saturated heterocycles. The maximum absolute atomic E-state index is 12.5. The molecule has 120 valence electrons. The highest BCUT2D eigenvalue weighted by Gasteiger charge is 2.34. The standard InChI is InChI=1S/C14H25N3O4/c1-5-16(9-12(18)15(3)4)14(21)17-7-6-11(13(19)20)8-10(17)2/h10-11H,5-9H2,1-4H3,(H,19,20). The second-order valence-corrected chi connectivity index (χ2v) is 5.69. The molecule has 1 aliphatic rings. The summed E-state index contributed by atoms with van der Waals surface area (Å²) in [5.41, 5.74) is 0. The van der Waals surface area contributed by atoms with Gasteiger partial charge in [0.25, 0.3) is 0 Å². The molecule has 1 heterocycles. The Labute approximate surface area is 125 Å². The molecule has 1 rings (SSSR count). The van der Waals surface area contributed by atoms with Crippen LogP contribution in [-0.2, 0) is 9.59 Å². The quantitative estimate of drug-likeness (QED) is 0.828. The van der Waals surface area contributed by atoms with Crippen molar-refractivity contribution >= 4 is 17.9 Å². The van der Waals surface area contributed by atoms with E-state index in [9.17, 15) is 14.4 Å². The highest BCUT2D eigenvalue weighted by atomic mass is 16.4. The summed E-state index contributed by atoms with van der Waals surface area (Å²) in [5, 5.41) is 9.05. The molecule has 7 heteroatoms. The van der Waals surface area contributed by atoms with Crippen molar-refractivity contribution in [1.82, 2.24) is 14.7 Å². The van der Waals surface area contributed by atoms with Crippen molar-refractivity contribution in [2.24, 2.45) is 5.92 Å². The van der Waals surface area contributed by atoms with Gasteiger partial charge in [0.05, 0.1) is 5.92 Å². The molecule has 7 nitrogen and oxygen atoms in total. The summed E-state index contributed by atoms with van der Waals surface area (Å²) in [6.45, 7) is 4.60. The number of urea groups is 1. The van der Waals surface area contributed by atoms with Crippen molar-refractivity contribution in [3.05, 3.63) is 0 Å². The predicted molar refractivity (Wildman–Crippen MR) is 77.9 cm³/mol.